The largest absolute Gasteiger partial charge is 0.439 e. The Labute approximate surface area is 117 Å². The van der Waals surface area contributed by atoms with Crippen LogP contribution in [0.15, 0.2) is 22.6 Å². The van der Waals surface area contributed by atoms with Gasteiger partial charge in [-0.05, 0) is 43.4 Å². The Hall–Kier alpha value is -1.06. The van der Waals surface area contributed by atoms with Crippen molar-refractivity contribution in [2.45, 2.75) is 44.2 Å². The molecule has 3 nitrogen and oxygen atoms in total. The Bertz CT molecular complexity index is 595. The van der Waals surface area contributed by atoms with E-state index >= 15 is 0 Å². The normalized spacial score (nSPS) is 30.7. The van der Waals surface area contributed by atoms with Crippen molar-refractivity contribution in [1.29, 1.82) is 0 Å². The third-order valence-electron chi connectivity index (χ3n) is 4.53. The predicted molar refractivity (Wildman–Crippen MR) is 75.3 cm³/mol. The van der Waals surface area contributed by atoms with Crippen molar-refractivity contribution in [3.63, 3.8) is 0 Å². The molecule has 0 spiro atoms. The summed E-state index contributed by atoms with van der Waals surface area (Å²) in [4.78, 5) is 4.60. The van der Waals surface area contributed by atoms with Gasteiger partial charge >= 0.3 is 0 Å². The van der Waals surface area contributed by atoms with Crippen LogP contribution in [0.4, 0.5) is 0 Å². The zero-order chi connectivity index (χ0) is 12.8. The number of rotatable bonds is 1. The van der Waals surface area contributed by atoms with E-state index in [1.165, 1.54) is 25.7 Å². The Morgan fingerprint density at radius 2 is 2.16 bits per heavy atom. The summed E-state index contributed by atoms with van der Waals surface area (Å²) in [5, 5.41) is 4.40. The fraction of sp³-hybridized carbons (Fsp3) is 0.533. The minimum absolute atomic E-state index is 0.277. The molecular weight excluding hydrogens is 260 g/mol. The third kappa shape index (κ3) is 2.05. The van der Waals surface area contributed by atoms with E-state index in [2.05, 4.69) is 10.3 Å². The number of hydrogen-bond acceptors (Lipinski definition) is 3. The quantitative estimate of drug-likeness (QED) is 0.853. The molecule has 100 valence electrons. The van der Waals surface area contributed by atoms with Crippen molar-refractivity contribution in [1.82, 2.24) is 10.3 Å². The highest BCUT2D eigenvalue weighted by atomic mass is 35.5. The summed E-state index contributed by atoms with van der Waals surface area (Å²) in [6.45, 7) is 0. The second kappa shape index (κ2) is 4.50. The molecule has 1 aliphatic carbocycles. The van der Waals surface area contributed by atoms with E-state index in [1.807, 2.05) is 18.2 Å². The summed E-state index contributed by atoms with van der Waals surface area (Å²) >= 11 is 5.99. The Morgan fingerprint density at radius 1 is 1.26 bits per heavy atom. The first kappa shape index (κ1) is 11.7. The van der Waals surface area contributed by atoms with Gasteiger partial charge in [-0.1, -0.05) is 24.4 Å². The Kier molecular flexibility index (Phi) is 2.78. The van der Waals surface area contributed by atoms with Crippen LogP contribution in [0.3, 0.4) is 0 Å². The minimum atomic E-state index is 0.277. The molecule has 1 saturated carbocycles. The van der Waals surface area contributed by atoms with E-state index in [1.54, 1.807) is 0 Å². The van der Waals surface area contributed by atoms with Gasteiger partial charge in [0, 0.05) is 11.1 Å². The molecule has 3 unspecified atom stereocenters. The maximum absolute atomic E-state index is 5.99. The third-order valence-corrected chi connectivity index (χ3v) is 4.76. The van der Waals surface area contributed by atoms with Gasteiger partial charge in [0.05, 0.1) is 6.04 Å². The van der Waals surface area contributed by atoms with Gasteiger partial charge in [-0.3, -0.25) is 0 Å². The number of nitrogens with zero attached hydrogens (tertiary/aromatic N) is 1. The second-order valence-corrected chi connectivity index (χ2v) is 6.21. The number of hydrogen-bond donors (Lipinski definition) is 1. The van der Waals surface area contributed by atoms with Crippen molar-refractivity contribution in [3.05, 3.63) is 29.1 Å². The van der Waals surface area contributed by atoms with Crippen molar-refractivity contribution >= 4 is 22.7 Å². The molecular formula is C15H17ClN2O. The molecule has 2 heterocycles. The molecule has 4 heteroatoms. The second-order valence-electron chi connectivity index (χ2n) is 5.77. The van der Waals surface area contributed by atoms with Crippen molar-refractivity contribution in [2.75, 3.05) is 0 Å². The molecule has 0 radical (unpaired) electrons. The standard InChI is InChI=1S/C15H17ClN2O/c16-10-5-6-14-12(8-10)18-15(19-14)13-7-9-3-1-2-4-11(9)17-13/h5-6,8-9,11,13,17H,1-4,7H2. The van der Waals surface area contributed by atoms with E-state index in [-0.39, 0.29) is 6.04 Å². The van der Waals surface area contributed by atoms with Crippen LogP contribution in [0.5, 0.6) is 0 Å². The van der Waals surface area contributed by atoms with E-state index in [0.717, 1.165) is 29.3 Å². The molecule has 2 fully saturated rings. The van der Waals surface area contributed by atoms with E-state index in [9.17, 15) is 0 Å². The number of nitrogens with one attached hydrogen (secondary N) is 1. The van der Waals surface area contributed by atoms with Gasteiger partial charge in [0.1, 0.15) is 5.52 Å². The smallest absolute Gasteiger partial charge is 0.212 e. The molecule has 19 heavy (non-hydrogen) atoms. The lowest BCUT2D eigenvalue weighted by Gasteiger charge is -2.24. The van der Waals surface area contributed by atoms with Gasteiger partial charge < -0.3 is 9.73 Å². The first-order valence-electron chi connectivity index (χ1n) is 7.11. The molecule has 1 aliphatic heterocycles. The summed E-state index contributed by atoms with van der Waals surface area (Å²) in [5.41, 5.74) is 1.69. The molecule has 3 atom stereocenters. The van der Waals surface area contributed by atoms with Crippen LogP contribution in [0.2, 0.25) is 5.02 Å². The lowest BCUT2D eigenvalue weighted by Crippen LogP contribution is -2.30. The molecule has 1 aromatic heterocycles. The van der Waals surface area contributed by atoms with Crippen LogP contribution in [-0.2, 0) is 0 Å². The lowest BCUT2D eigenvalue weighted by atomic mass is 9.85. The Morgan fingerprint density at radius 3 is 3.05 bits per heavy atom. The van der Waals surface area contributed by atoms with Crippen molar-refractivity contribution < 1.29 is 4.42 Å². The van der Waals surface area contributed by atoms with Crippen molar-refractivity contribution in [3.8, 4) is 0 Å². The molecule has 0 bridgehead atoms. The van der Waals surface area contributed by atoms with Crippen molar-refractivity contribution in [2.24, 2.45) is 5.92 Å². The van der Waals surface area contributed by atoms with Gasteiger partial charge in [-0.25, -0.2) is 4.98 Å². The summed E-state index contributed by atoms with van der Waals surface area (Å²) in [5.74, 6) is 1.63. The number of oxazole rings is 1. The van der Waals surface area contributed by atoms with Gasteiger partial charge in [-0.15, -0.1) is 0 Å². The predicted octanol–water partition coefficient (Wildman–Crippen LogP) is 4.07. The topological polar surface area (TPSA) is 38.1 Å². The monoisotopic (exact) mass is 276 g/mol. The fourth-order valence-corrected chi connectivity index (χ4v) is 3.74. The maximum Gasteiger partial charge on any atom is 0.212 e. The molecule has 2 aliphatic rings. The maximum atomic E-state index is 5.99. The minimum Gasteiger partial charge on any atom is -0.439 e. The van der Waals surface area contributed by atoms with Gasteiger partial charge in [0.25, 0.3) is 0 Å². The Balaban J connectivity index is 1.64. The first-order chi connectivity index (χ1) is 9.29. The van der Waals surface area contributed by atoms with Crippen LogP contribution in [0.1, 0.15) is 44.0 Å². The molecule has 1 N–H and O–H groups in total. The number of benzene rings is 1. The summed E-state index contributed by atoms with van der Waals surface area (Å²) < 4.78 is 5.88. The lowest BCUT2D eigenvalue weighted by molar-refractivity contribution is 0.325. The molecule has 1 saturated heterocycles. The van der Waals surface area contributed by atoms with Gasteiger partial charge in [0.15, 0.2) is 5.58 Å². The van der Waals surface area contributed by atoms with Crippen LogP contribution >= 0.6 is 11.6 Å². The fourth-order valence-electron chi connectivity index (χ4n) is 3.58. The van der Waals surface area contributed by atoms with E-state index in [0.29, 0.717) is 11.1 Å². The van der Waals surface area contributed by atoms with Gasteiger partial charge in [-0.2, -0.15) is 0 Å². The highest BCUT2D eigenvalue weighted by Crippen LogP contribution is 2.39. The highest BCUT2D eigenvalue weighted by Gasteiger charge is 2.37. The van der Waals surface area contributed by atoms with Gasteiger partial charge in [0.2, 0.25) is 5.89 Å². The zero-order valence-electron chi connectivity index (χ0n) is 10.7. The molecule has 0 amide bonds. The van der Waals surface area contributed by atoms with Crippen LogP contribution in [0.25, 0.3) is 11.1 Å². The SMILES string of the molecule is Clc1ccc2oc(C3CC4CCCCC4N3)nc2c1. The van der Waals surface area contributed by atoms with Crippen LogP contribution < -0.4 is 5.32 Å². The number of halogens is 1. The number of aromatic nitrogens is 1. The first-order valence-corrected chi connectivity index (χ1v) is 7.49. The molecule has 1 aromatic carbocycles. The van der Waals surface area contributed by atoms with Crippen LogP contribution in [-0.4, -0.2) is 11.0 Å². The van der Waals surface area contributed by atoms with Crippen LogP contribution in [0, 0.1) is 5.92 Å². The zero-order valence-corrected chi connectivity index (χ0v) is 11.5. The summed E-state index contributed by atoms with van der Waals surface area (Å²) in [6, 6.07) is 6.56. The van der Waals surface area contributed by atoms with E-state index in [4.69, 9.17) is 16.0 Å². The average Bonchev–Trinajstić information content (AvgIpc) is 3.00. The number of fused-ring (bicyclic) bond motifs is 2. The molecule has 2 aromatic rings. The average molecular weight is 277 g/mol. The summed E-state index contributed by atoms with van der Waals surface area (Å²) in [6.07, 6.45) is 6.53. The van der Waals surface area contributed by atoms with E-state index < -0.39 is 0 Å². The highest BCUT2D eigenvalue weighted by molar-refractivity contribution is 6.31. The summed E-state index contributed by atoms with van der Waals surface area (Å²) in [7, 11) is 0. The molecule has 4 rings (SSSR count).